The van der Waals surface area contributed by atoms with Gasteiger partial charge in [-0.3, -0.25) is 0 Å². The van der Waals surface area contributed by atoms with E-state index in [1.807, 2.05) is 6.08 Å². The first-order valence-electron chi connectivity index (χ1n) is 4.28. The molecule has 0 heteroatoms. The smallest absolute Gasteiger partial charge is 0.0241 e. The van der Waals surface area contributed by atoms with Crippen molar-refractivity contribution >= 4 is 0 Å². The normalized spacial score (nSPS) is 27.1. The standard InChI is InChI=1S/C10H17/c1-3-4-7-10-8-5-6-9(10)2/h3,10H,1,4-8H2,2H3. The van der Waals surface area contributed by atoms with Crippen LogP contribution in [0.3, 0.4) is 0 Å². The van der Waals surface area contributed by atoms with Gasteiger partial charge in [-0.2, -0.15) is 0 Å². The highest BCUT2D eigenvalue weighted by molar-refractivity contribution is 4.97. The number of hydrogen-bond donors (Lipinski definition) is 0. The van der Waals surface area contributed by atoms with Crippen molar-refractivity contribution in [2.24, 2.45) is 5.92 Å². The van der Waals surface area contributed by atoms with Crippen LogP contribution in [-0.4, -0.2) is 0 Å². The zero-order valence-corrected chi connectivity index (χ0v) is 6.90. The molecule has 0 amide bonds. The third-order valence-electron chi connectivity index (χ3n) is 2.54. The Labute approximate surface area is 64.3 Å². The van der Waals surface area contributed by atoms with Gasteiger partial charge < -0.3 is 0 Å². The van der Waals surface area contributed by atoms with E-state index >= 15 is 0 Å². The van der Waals surface area contributed by atoms with Gasteiger partial charge in [0.1, 0.15) is 0 Å². The van der Waals surface area contributed by atoms with Crippen molar-refractivity contribution in [1.29, 1.82) is 0 Å². The summed E-state index contributed by atoms with van der Waals surface area (Å²) < 4.78 is 0. The molecule has 0 aromatic carbocycles. The third kappa shape index (κ3) is 1.86. The second kappa shape index (κ2) is 3.80. The van der Waals surface area contributed by atoms with E-state index in [1.165, 1.54) is 32.1 Å². The van der Waals surface area contributed by atoms with Crippen molar-refractivity contribution in [3.05, 3.63) is 18.6 Å². The molecule has 1 aliphatic carbocycles. The maximum Gasteiger partial charge on any atom is -0.0241 e. The fraction of sp³-hybridized carbons (Fsp3) is 0.700. The molecule has 0 saturated heterocycles. The summed E-state index contributed by atoms with van der Waals surface area (Å²) in [6, 6.07) is 0. The SMILES string of the molecule is C=CCCC1CCC[C]1C. The van der Waals surface area contributed by atoms with Crippen LogP contribution in [0.15, 0.2) is 12.7 Å². The fourth-order valence-electron chi connectivity index (χ4n) is 1.79. The van der Waals surface area contributed by atoms with Crippen LogP contribution >= 0.6 is 0 Å². The van der Waals surface area contributed by atoms with Crippen molar-refractivity contribution < 1.29 is 0 Å². The van der Waals surface area contributed by atoms with Gasteiger partial charge in [0.25, 0.3) is 0 Å². The summed E-state index contributed by atoms with van der Waals surface area (Å²) in [6.45, 7) is 6.04. The summed E-state index contributed by atoms with van der Waals surface area (Å²) in [7, 11) is 0. The van der Waals surface area contributed by atoms with Crippen LogP contribution in [0.25, 0.3) is 0 Å². The van der Waals surface area contributed by atoms with E-state index in [-0.39, 0.29) is 0 Å². The Kier molecular flexibility index (Phi) is 2.98. The van der Waals surface area contributed by atoms with E-state index in [0.717, 1.165) is 5.92 Å². The topological polar surface area (TPSA) is 0 Å². The lowest BCUT2D eigenvalue weighted by Crippen LogP contribution is -2.00. The molecule has 0 bridgehead atoms. The highest BCUT2D eigenvalue weighted by Crippen LogP contribution is 2.35. The number of rotatable bonds is 3. The van der Waals surface area contributed by atoms with Crippen molar-refractivity contribution in [1.82, 2.24) is 0 Å². The molecule has 1 aliphatic rings. The molecule has 0 nitrogen and oxygen atoms in total. The maximum atomic E-state index is 3.74. The van der Waals surface area contributed by atoms with Gasteiger partial charge in [-0.15, -0.1) is 6.58 Å². The molecule has 1 fully saturated rings. The van der Waals surface area contributed by atoms with Crippen LogP contribution in [0.4, 0.5) is 0 Å². The van der Waals surface area contributed by atoms with Gasteiger partial charge in [-0.25, -0.2) is 0 Å². The maximum absolute atomic E-state index is 3.74. The molecule has 0 aromatic rings. The Bertz CT molecular complexity index is 105. The quantitative estimate of drug-likeness (QED) is 0.523. The summed E-state index contributed by atoms with van der Waals surface area (Å²) >= 11 is 0. The van der Waals surface area contributed by atoms with E-state index in [1.54, 1.807) is 5.92 Å². The first-order chi connectivity index (χ1) is 4.84. The van der Waals surface area contributed by atoms with Gasteiger partial charge in [0.15, 0.2) is 0 Å². The van der Waals surface area contributed by atoms with Crippen LogP contribution in [0.2, 0.25) is 0 Å². The summed E-state index contributed by atoms with van der Waals surface area (Å²) in [4.78, 5) is 0. The summed E-state index contributed by atoms with van der Waals surface area (Å²) in [6.07, 6.45) is 8.80. The van der Waals surface area contributed by atoms with Gasteiger partial charge in [0, 0.05) is 0 Å². The molecule has 0 N–H and O–H groups in total. The average Bonchev–Trinajstić information content (AvgIpc) is 2.31. The van der Waals surface area contributed by atoms with E-state index in [2.05, 4.69) is 13.5 Å². The molecule has 1 atom stereocenters. The van der Waals surface area contributed by atoms with Crippen molar-refractivity contribution in [3.63, 3.8) is 0 Å². The molecule has 1 saturated carbocycles. The average molecular weight is 137 g/mol. The predicted molar refractivity (Wildman–Crippen MR) is 45.7 cm³/mol. The Morgan fingerprint density at radius 3 is 3.00 bits per heavy atom. The van der Waals surface area contributed by atoms with Crippen LogP contribution in [0.1, 0.15) is 39.0 Å². The molecule has 0 aromatic heterocycles. The van der Waals surface area contributed by atoms with Crippen molar-refractivity contribution in [3.8, 4) is 0 Å². The third-order valence-corrected chi connectivity index (χ3v) is 2.54. The second-order valence-corrected chi connectivity index (χ2v) is 3.30. The molecular formula is C10H17. The lowest BCUT2D eigenvalue weighted by Gasteiger charge is -2.12. The summed E-state index contributed by atoms with van der Waals surface area (Å²) in [5.74, 6) is 2.65. The van der Waals surface area contributed by atoms with E-state index < -0.39 is 0 Å². The molecule has 0 heterocycles. The first-order valence-corrected chi connectivity index (χ1v) is 4.28. The Morgan fingerprint density at radius 1 is 1.70 bits per heavy atom. The van der Waals surface area contributed by atoms with Gasteiger partial charge in [-0.05, 0) is 37.5 Å². The van der Waals surface area contributed by atoms with E-state index in [4.69, 9.17) is 0 Å². The molecule has 0 spiro atoms. The zero-order chi connectivity index (χ0) is 7.40. The predicted octanol–water partition coefficient (Wildman–Crippen LogP) is 3.35. The van der Waals surface area contributed by atoms with Gasteiger partial charge >= 0.3 is 0 Å². The Balaban J connectivity index is 2.19. The minimum Gasteiger partial charge on any atom is -0.103 e. The van der Waals surface area contributed by atoms with Crippen LogP contribution < -0.4 is 0 Å². The van der Waals surface area contributed by atoms with E-state index in [9.17, 15) is 0 Å². The highest BCUT2D eigenvalue weighted by atomic mass is 14.3. The van der Waals surface area contributed by atoms with Crippen LogP contribution in [-0.2, 0) is 0 Å². The number of allylic oxidation sites excluding steroid dienone is 1. The van der Waals surface area contributed by atoms with Gasteiger partial charge in [0.05, 0.1) is 0 Å². The molecule has 10 heavy (non-hydrogen) atoms. The molecule has 1 radical (unpaired) electrons. The van der Waals surface area contributed by atoms with Crippen molar-refractivity contribution in [2.45, 2.75) is 39.0 Å². The minimum absolute atomic E-state index is 0.929. The molecule has 1 rings (SSSR count). The lowest BCUT2D eigenvalue weighted by molar-refractivity contribution is 0.537. The first kappa shape index (κ1) is 7.84. The molecule has 1 unspecified atom stereocenters. The largest absolute Gasteiger partial charge is 0.103 e. The Morgan fingerprint density at radius 2 is 2.50 bits per heavy atom. The molecule has 0 aliphatic heterocycles. The van der Waals surface area contributed by atoms with Crippen molar-refractivity contribution in [2.75, 3.05) is 0 Å². The second-order valence-electron chi connectivity index (χ2n) is 3.30. The molecular weight excluding hydrogens is 120 g/mol. The Hall–Kier alpha value is -0.260. The highest BCUT2D eigenvalue weighted by Gasteiger charge is 2.22. The lowest BCUT2D eigenvalue weighted by atomic mass is 9.93. The van der Waals surface area contributed by atoms with Gasteiger partial charge in [0.2, 0.25) is 0 Å². The zero-order valence-electron chi connectivity index (χ0n) is 6.90. The van der Waals surface area contributed by atoms with E-state index in [0.29, 0.717) is 0 Å². The summed E-state index contributed by atoms with van der Waals surface area (Å²) in [5, 5.41) is 0. The monoisotopic (exact) mass is 137 g/mol. The van der Waals surface area contributed by atoms with Crippen LogP contribution in [0, 0.1) is 11.8 Å². The fourth-order valence-corrected chi connectivity index (χ4v) is 1.79. The minimum atomic E-state index is 0.929. The number of hydrogen-bond acceptors (Lipinski definition) is 0. The molecule has 57 valence electrons. The van der Waals surface area contributed by atoms with Gasteiger partial charge in [-0.1, -0.05) is 19.4 Å². The van der Waals surface area contributed by atoms with Crippen LogP contribution in [0.5, 0.6) is 0 Å². The summed E-state index contributed by atoms with van der Waals surface area (Å²) in [5.41, 5.74) is 0.